The third kappa shape index (κ3) is 6.15. The number of halogens is 1. The van der Waals surface area contributed by atoms with Crippen molar-refractivity contribution in [2.24, 2.45) is 5.92 Å². The molecule has 2 aliphatic carbocycles. The van der Waals surface area contributed by atoms with Crippen molar-refractivity contribution in [1.82, 2.24) is 19.3 Å². The number of aromatic nitrogens is 3. The van der Waals surface area contributed by atoms with E-state index in [-0.39, 0.29) is 11.7 Å². The first-order valence-electron chi connectivity index (χ1n) is 12.3. The summed E-state index contributed by atoms with van der Waals surface area (Å²) in [7, 11) is -3.56. The van der Waals surface area contributed by atoms with Crippen LogP contribution in [0.25, 0.3) is 0 Å². The molecule has 0 spiro atoms. The van der Waals surface area contributed by atoms with Gasteiger partial charge in [-0.2, -0.15) is 9.29 Å². The summed E-state index contributed by atoms with van der Waals surface area (Å²) < 4.78 is 41.2. The standard InChI is InChI=1S/C25H29FN6O3S2/c26-18-1-3-19(4-2-18)29-22-9-12-28-25(31-22)30-20-5-7-21(8-6-20)37(34,35)32-14-10-17(11-15-32)23(33)24-27-13-16-36-24/h1,3,5,7,9,12-13,16-17,23,33H,2,4,6,8,10-11,14-15H2,(H2,28,29,30,31)/t23-/m1/s1. The van der Waals surface area contributed by atoms with Crippen LogP contribution < -0.4 is 10.6 Å². The highest BCUT2D eigenvalue weighted by molar-refractivity contribution is 7.93. The molecule has 3 heterocycles. The highest BCUT2D eigenvalue weighted by atomic mass is 32.2. The van der Waals surface area contributed by atoms with Crippen LogP contribution in [0, 0.1) is 5.92 Å². The topological polar surface area (TPSA) is 120 Å². The molecule has 196 valence electrons. The summed E-state index contributed by atoms with van der Waals surface area (Å²) in [5.41, 5.74) is 1.70. The minimum atomic E-state index is -3.56. The molecule has 1 fully saturated rings. The van der Waals surface area contributed by atoms with E-state index in [0.29, 0.717) is 73.3 Å². The number of aliphatic hydroxyl groups is 1. The van der Waals surface area contributed by atoms with Gasteiger partial charge in [0.2, 0.25) is 16.0 Å². The van der Waals surface area contributed by atoms with Gasteiger partial charge in [-0.25, -0.2) is 22.8 Å². The van der Waals surface area contributed by atoms with Crippen molar-refractivity contribution in [3.05, 3.63) is 75.3 Å². The lowest BCUT2D eigenvalue weighted by Gasteiger charge is -2.33. The average Bonchev–Trinajstić information content (AvgIpc) is 3.45. The maximum atomic E-state index is 13.2. The molecule has 3 N–H and O–H groups in total. The Morgan fingerprint density at radius 2 is 1.76 bits per heavy atom. The molecule has 0 radical (unpaired) electrons. The van der Waals surface area contributed by atoms with E-state index >= 15 is 0 Å². The second-order valence-corrected chi connectivity index (χ2v) is 12.1. The first-order chi connectivity index (χ1) is 17.9. The van der Waals surface area contributed by atoms with Crippen LogP contribution in [0.5, 0.6) is 0 Å². The molecule has 12 heteroatoms. The van der Waals surface area contributed by atoms with Gasteiger partial charge in [0.25, 0.3) is 0 Å². The summed E-state index contributed by atoms with van der Waals surface area (Å²) in [5, 5.41) is 19.4. The van der Waals surface area contributed by atoms with E-state index in [1.54, 1.807) is 36.7 Å². The van der Waals surface area contributed by atoms with Gasteiger partial charge in [-0.1, -0.05) is 0 Å². The molecule has 1 aliphatic heterocycles. The van der Waals surface area contributed by atoms with Crippen molar-refractivity contribution >= 4 is 33.1 Å². The van der Waals surface area contributed by atoms with E-state index < -0.39 is 16.1 Å². The van der Waals surface area contributed by atoms with Crippen LogP contribution in [0.1, 0.15) is 49.6 Å². The second kappa shape index (κ2) is 11.2. The second-order valence-electron chi connectivity index (χ2n) is 9.20. The highest BCUT2D eigenvalue weighted by Gasteiger charge is 2.34. The maximum absolute atomic E-state index is 13.2. The normalized spacial score (nSPS) is 20.4. The molecule has 0 bridgehead atoms. The number of thiazole rings is 1. The van der Waals surface area contributed by atoms with Crippen molar-refractivity contribution in [2.45, 2.75) is 44.6 Å². The van der Waals surface area contributed by atoms with Gasteiger partial charge in [0, 0.05) is 48.7 Å². The Labute approximate surface area is 219 Å². The predicted molar refractivity (Wildman–Crippen MR) is 141 cm³/mol. The lowest BCUT2D eigenvalue weighted by molar-refractivity contribution is 0.0759. The van der Waals surface area contributed by atoms with Crippen molar-refractivity contribution < 1.29 is 17.9 Å². The van der Waals surface area contributed by atoms with Crippen molar-refractivity contribution in [1.29, 1.82) is 0 Å². The molecule has 0 aromatic carbocycles. The number of anilines is 2. The molecule has 37 heavy (non-hydrogen) atoms. The highest BCUT2D eigenvalue weighted by Crippen LogP contribution is 2.34. The molecule has 0 amide bonds. The van der Waals surface area contributed by atoms with E-state index in [4.69, 9.17) is 0 Å². The number of sulfonamides is 1. The molecule has 9 nitrogen and oxygen atoms in total. The number of piperidine rings is 1. The summed E-state index contributed by atoms with van der Waals surface area (Å²) in [6.07, 6.45) is 12.2. The van der Waals surface area contributed by atoms with Crippen LogP contribution in [-0.4, -0.2) is 45.9 Å². The third-order valence-corrected chi connectivity index (χ3v) is 9.64. The molecule has 0 saturated carbocycles. The first-order valence-corrected chi connectivity index (χ1v) is 14.6. The Kier molecular flexibility index (Phi) is 7.79. The summed E-state index contributed by atoms with van der Waals surface area (Å²) >= 11 is 1.42. The van der Waals surface area contributed by atoms with Crippen LogP contribution in [-0.2, 0) is 10.0 Å². The average molecular weight is 545 g/mol. The number of hydrogen-bond donors (Lipinski definition) is 3. The number of hydrogen-bond acceptors (Lipinski definition) is 9. The smallest absolute Gasteiger partial charge is 0.239 e. The zero-order valence-corrected chi connectivity index (χ0v) is 21.8. The number of allylic oxidation sites excluding steroid dienone is 8. The summed E-state index contributed by atoms with van der Waals surface area (Å²) in [6.45, 7) is 0.766. The van der Waals surface area contributed by atoms with Gasteiger partial charge in [-0.3, -0.25) is 0 Å². The van der Waals surface area contributed by atoms with Crippen molar-refractivity contribution in [3.8, 4) is 0 Å². The van der Waals surface area contributed by atoms with E-state index in [0.717, 1.165) is 11.4 Å². The molecular formula is C25H29FN6O3S2. The zero-order valence-electron chi connectivity index (χ0n) is 20.2. The van der Waals surface area contributed by atoms with Gasteiger partial charge in [-0.05, 0) is 68.4 Å². The summed E-state index contributed by atoms with van der Waals surface area (Å²) in [4.78, 5) is 13.3. The number of rotatable bonds is 8. The van der Waals surface area contributed by atoms with Gasteiger partial charge in [0.1, 0.15) is 22.8 Å². The summed E-state index contributed by atoms with van der Waals surface area (Å²) in [6, 6.07) is 1.74. The van der Waals surface area contributed by atoms with Gasteiger partial charge >= 0.3 is 0 Å². The molecular weight excluding hydrogens is 515 g/mol. The van der Waals surface area contributed by atoms with E-state index in [9.17, 15) is 17.9 Å². The van der Waals surface area contributed by atoms with Crippen molar-refractivity contribution in [2.75, 3.05) is 23.7 Å². The van der Waals surface area contributed by atoms with Crippen LogP contribution in [0.15, 0.2) is 70.3 Å². The van der Waals surface area contributed by atoms with Gasteiger partial charge in [0.15, 0.2) is 0 Å². The Hall–Kier alpha value is -2.93. The fraction of sp³-hybridized carbons (Fsp3) is 0.400. The maximum Gasteiger partial charge on any atom is 0.239 e. The van der Waals surface area contributed by atoms with E-state index in [1.165, 1.54) is 21.7 Å². The lowest BCUT2D eigenvalue weighted by atomic mass is 9.92. The van der Waals surface area contributed by atoms with E-state index in [1.807, 2.05) is 5.38 Å². The fourth-order valence-corrected chi connectivity index (χ4v) is 6.97. The molecule has 0 unspecified atom stereocenters. The van der Waals surface area contributed by atoms with Crippen LogP contribution >= 0.6 is 11.3 Å². The summed E-state index contributed by atoms with van der Waals surface area (Å²) in [5.74, 6) is 0.864. The van der Waals surface area contributed by atoms with Crippen LogP contribution in [0.3, 0.4) is 0 Å². The number of aliphatic hydroxyl groups excluding tert-OH is 1. The Morgan fingerprint density at radius 1 is 1.00 bits per heavy atom. The van der Waals surface area contributed by atoms with E-state index in [2.05, 4.69) is 25.6 Å². The van der Waals surface area contributed by atoms with Crippen LogP contribution in [0.2, 0.25) is 0 Å². The minimum absolute atomic E-state index is 0.00548. The quantitative estimate of drug-likeness (QED) is 0.440. The largest absolute Gasteiger partial charge is 0.386 e. The third-order valence-electron chi connectivity index (χ3n) is 6.75. The molecule has 1 atom stereocenters. The fourth-order valence-electron chi connectivity index (χ4n) is 4.63. The van der Waals surface area contributed by atoms with Gasteiger partial charge < -0.3 is 15.7 Å². The van der Waals surface area contributed by atoms with Crippen LogP contribution in [0.4, 0.5) is 16.2 Å². The molecule has 3 aliphatic rings. The minimum Gasteiger partial charge on any atom is -0.386 e. The first kappa shape index (κ1) is 25.7. The molecule has 1 saturated heterocycles. The molecule has 5 rings (SSSR count). The van der Waals surface area contributed by atoms with Crippen molar-refractivity contribution in [3.63, 3.8) is 0 Å². The SMILES string of the molecule is O=S(=O)(C1=CC=C(Nc2nccc(NC3=CC=C(F)CC3)n2)CC1)N1CCC([C@@H](O)c2nccs2)CC1. The lowest BCUT2D eigenvalue weighted by Crippen LogP contribution is -2.40. The Morgan fingerprint density at radius 3 is 2.43 bits per heavy atom. The Bertz CT molecular complexity index is 1350. The number of nitrogens with one attached hydrogen (secondary N) is 2. The molecule has 2 aromatic heterocycles. The number of nitrogens with zero attached hydrogens (tertiary/aromatic N) is 4. The predicted octanol–water partition coefficient (Wildman–Crippen LogP) is 4.63. The monoisotopic (exact) mass is 544 g/mol. The van der Waals surface area contributed by atoms with Gasteiger partial charge in [-0.15, -0.1) is 11.3 Å². The zero-order chi connectivity index (χ0) is 25.8. The Balaban J connectivity index is 1.18. The molecule has 2 aromatic rings. The van der Waals surface area contributed by atoms with Gasteiger partial charge in [0.05, 0.1) is 4.91 Å².